The van der Waals surface area contributed by atoms with E-state index in [0.717, 1.165) is 36.6 Å². The van der Waals surface area contributed by atoms with Crippen molar-refractivity contribution in [1.82, 2.24) is 15.1 Å². The molecule has 0 unspecified atom stereocenters. The van der Waals surface area contributed by atoms with Crippen LogP contribution >= 0.6 is 0 Å². The number of nitrogens with one attached hydrogen (secondary N) is 1. The van der Waals surface area contributed by atoms with Gasteiger partial charge in [-0.05, 0) is 49.9 Å². The molecule has 1 aliphatic carbocycles. The number of H-pyrrole nitrogens is 1. The summed E-state index contributed by atoms with van der Waals surface area (Å²) in [7, 11) is 1.62. The van der Waals surface area contributed by atoms with E-state index in [1.807, 2.05) is 12.1 Å². The Labute approximate surface area is 167 Å². The zero-order valence-electron chi connectivity index (χ0n) is 16.1. The lowest BCUT2D eigenvalue weighted by Crippen LogP contribution is -2.43. The lowest BCUT2D eigenvalue weighted by molar-refractivity contribution is 0.0476. The van der Waals surface area contributed by atoms with Gasteiger partial charge in [-0.25, -0.2) is 0 Å². The number of ether oxygens (including phenoxy) is 2. The van der Waals surface area contributed by atoms with Crippen LogP contribution < -0.4 is 9.47 Å². The topological polar surface area (TPSA) is 84.5 Å². The number of nitrogens with zero attached hydrogens (tertiary/aromatic N) is 2. The molecule has 5 rings (SSSR count). The molecule has 0 bridgehead atoms. The molecule has 29 heavy (non-hydrogen) atoms. The summed E-state index contributed by atoms with van der Waals surface area (Å²) < 4.78 is 11.8. The number of rotatable bonds is 4. The lowest BCUT2D eigenvalue weighted by Gasteiger charge is -2.33. The lowest BCUT2D eigenvalue weighted by atomic mass is 9.91. The summed E-state index contributed by atoms with van der Waals surface area (Å²) in [5, 5.41) is 7.86. The molecule has 2 heterocycles. The Morgan fingerprint density at radius 2 is 1.69 bits per heavy atom. The summed E-state index contributed by atoms with van der Waals surface area (Å²) in [6.45, 7) is 0. The van der Waals surface area contributed by atoms with Gasteiger partial charge >= 0.3 is 0 Å². The third-order valence-electron chi connectivity index (χ3n) is 5.87. The van der Waals surface area contributed by atoms with Crippen molar-refractivity contribution >= 4 is 22.7 Å². The molecule has 1 saturated carbocycles. The first-order valence-electron chi connectivity index (χ1n) is 9.81. The monoisotopic (exact) mass is 391 g/mol. The Morgan fingerprint density at radius 3 is 2.34 bits per heavy atom. The third kappa shape index (κ3) is 2.85. The molecular formula is C22H21N3O4. The molecule has 1 aliphatic heterocycles. The van der Waals surface area contributed by atoms with Gasteiger partial charge in [-0.1, -0.05) is 12.1 Å². The van der Waals surface area contributed by atoms with Crippen LogP contribution in [0.5, 0.6) is 11.5 Å². The number of hydrogen-bond donors (Lipinski definition) is 1. The Hall–Kier alpha value is -3.35. The zero-order chi connectivity index (χ0) is 20.0. The number of carbonyl (C=O) groups excluding carboxylic acids is 2. The molecule has 1 fully saturated rings. The van der Waals surface area contributed by atoms with E-state index in [9.17, 15) is 9.59 Å². The molecule has 1 aromatic heterocycles. The van der Waals surface area contributed by atoms with Crippen molar-refractivity contribution < 1.29 is 19.1 Å². The highest BCUT2D eigenvalue weighted by Crippen LogP contribution is 2.38. The molecule has 148 valence electrons. The van der Waals surface area contributed by atoms with Crippen LogP contribution in [0.15, 0.2) is 42.6 Å². The highest BCUT2D eigenvalue weighted by molar-refractivity contribution is 6.21. The van der Waals surface area contributed by atoms with E-state index in [1.165, 1.54) is 4.90 Å². The normalized spacial score (nSPS) is 21.5. The average Bonchev–Trinajstić information content (AvgIpc) is 3.32. The van der Waals surface area contributed by atoms with Crippen LogP contribution in [-0.4, -0.2) is 46.2 Å². The van der Waals surface area contributed by atoms with Gasteiger partial charge < -0.3 is 9.47 Å². The van der Waals surface area contributed by atoms with E-state index >= 15 is 0 Å². The minimum absolute atomic E-state index is 0.0136. The van der Waals surface area contributed by atoms with E-state index < -0.39 is 0 Å². The standard InChI is InChI=1S/C22H21N3O4/c1-28-20-17-12-23-24-18(17)10-11-19(20)29-14-8-6-13(7-9-14)25-21(26)15-4-2-3-5-16(15)22(25)27/h2-5,10-14H,6-9H2,1H3,(H,23,24). The Bertz CT molecular complexity index is 1060. The van der Waals surface area contributed by atoms with Gasteiger partial charge in [0.1, 0.15) is 0 Å². The number of methoxy groups -OCH3 is 1. The number of aromatic nitrogens is 2. The van der Waals surface area contributed by atoms with Crippen molar-refractivity contribution in [2.45, 2.75) is 37.8 Å². The highest BCUT2D eigenvalue weighted by atomic mass is 16.5. The number of amides is 2. The molecule has 0 radical (unpaired) electrons. The first kappa shape index (κ1) is 17.7. The first-order valence-corrected chi connectivity index (χ1v) is 9.81. The van der Waals surface area contributed by atoms with E-state index in [2.05, 4.69) is 10.2 Å². The van der Waals surface area contributed by atoms with Gasteiger partial charge in [0.25, 0.3) is 11.8 Å². The summed E-state index contributed by atoms with van der Waals surface area (Å²) in [4.78, 5) is 26.9. The van der Waals surface area contributed by atoms with Crippen molar-refractivity contribution in [3.63, 3.8) is 0 Å². The van der Waals surface area contributed by atoms with Crippen molar-refractivity contribution in [1.29, 1.82) is 0 Å². The van der Waals surface area contributed by atoms with Crippen LogP contribution in [0.2, 0.25) is 0 Å². The fourth-order valence-electron chi connectivity index (χ4n) is 4.42. The maximum Gasteiger partial charge on any atom is 0.261 e. The van der Waals surface area contributed by atoms with E-state index in [0.29, 0.717) is 22.6 Å². The Balaban J connectivity index is 1.28. The molecule has 0 atom stereocenters. The van der Waals surface area contributed by atoms with Crippen LogP contribution in [0.25, 0.3) is 10.9 Å². The van der Waals surface area contributed by atoms with Crippen LogP contribution in [0.4, 0.5) is 0 Å². The zero-order valence-corrected chi connectivity index (χ0v) is 16.1. The predicted molar refractivity (Wildman–Crippen MR) is 106 cm³/mol. The minimum Gasteiger partial charge on any atom is -0.492 e. The van der Waals surface area contributed by atoms with Crippen LogP contribution in [-0.2, 0) is 0 Å². The fraction of sp³-hybridized carbons (Fsp3) is 0.318. The summed E-state index contributed by atoms with van der Waals surface area (Å²) >= 11 is 0. The predicted octanol–water partition coefficient (Wildman–Crippen LogP) is 3.56. The smallest absolute Gasteiger partial charge is 0.261 e. The molecule has 0 saturated heterocycles. The van der Waals surface area contributed by atoms with Gasteiger partial charge in [0.2, 0.25) is 0 Å². The molecular weight excluding hydrogens is 370 g/mol. The van der Waals surface area contributed by atoms with Gasteiger partial charge in [0.05, 0.1) is 41.4 Å². The molecule has 7 nitrogen and oxygen atoms in total. The second-order valence-corrected chi connectivity index (χ2v) is 7.50. The Kier molecular flexibility index (Phi) is 4.23. The van der Waals surface area contributed by atoms with Crippen LogP contribution in [0.3, 0.4) is 0 Å². The third-order valence-corrected chi connectivity index (χ3v) is 5.87. The number of hydrogen-bond acceptors (Lipinski definition) is 5. The SMILES string of the molecule is COc1c(OC2CCC(N3C(=O)c4ccccc4C3=O)CC2)ccc2[nH]ncc12. The summed E-state index contributed by atoms with van der Waals surface area (Å²) in [5.74, 6) is 0.994. The molecule has 2 aliphatic rings. The maximum atomic E-state index is 12.7. The van der Waals surface area contributed by atoms with Gasteiger partial charge in [-0.2, -0.15) is 5.10 Å². The second-order valence-electron chi connectivity index (χ2n) is 7.50. The van der Waals surface area contributed by atoms with Crippen LogP contribution in [0.1, 0.15) is 46.4 Å². The molecule has 3 aromatic rings. The Morgan fingerprint density at radius 1 is 1.00 bits per heavy atom. The van der Waals surface area contributed by atoms with Gasteiger partial charge in [0.15, 0.2) is 11.5 Å². The van der Waals surface area contributed by atoms with Crippen molar-refractivity contribution in [2.75, 3.05) is 7.11 Å². The summed E-state index contributed by atoms with van der Waals surface area (Å²) in [6.07, 6.45) is 4.73. The maximum absolute atomic E-state index is 12.7. The van der Waals surface area contributed by atoms with Gasteiger partial charge in [0, 0.05) is 6.04 Å². The summed E-state index contributed by atoms with van der Waals surface area (Å²) in [5.41, 5.74) is 1.91. The molecule has 2 amide bonds. The number of benzene rings is 2. The van der Waals surface area contributed by atoms with Crippen molar-refractivity contribution in [2.24, 2.45) is 0 Å². The fourth-order valence-corrected chi connectivity index (χ4v) is 4.42. The minimum atomic E-state index is -0.179. The number of carbonyl (C=O) groups is 2. The molecule has 2 aromatic carbocycles. The quantitative estimate of drug-likeness (QED) is 0.688. The molecule has 1 N–H and O–H groups in total. The highest BCUT2D eigenvalue weighted by Gasteiger charge is 2.41. The molecule has 0 spiro atoms. The number of imide groups is 1. The van der Waals surface area contributed by atoms with Crippen molar-refractivity contribution in [3.05, 3.63) is 53.7 Å². The summed E-state index contributed by atoms with van der Waals surface area (Å²) in [6, 6.07) is 10.8. The van der Waals surface area contributed by atoms with E-state index in [4.69, 9.17) is 9.47 Å². The second kappa shape index (κ2) is 6.92. The van der Waals surface area contributed by atoms with E-state index in [-0.39, 0.29) is 24.0 Å². The van der Waals surface area contributed by atoms with Crippen LogP contribution in [0, 0.1) is 0 Å². The van der Waals surface area contributed by atoms with Gasteiger partial charge in [-0.3, -0.25) is 19.6 Å². The number of fused-ring (bicyclic) bond motifs is 2. The van der Waals surface area contributed by atoms with Gasteiger partial charge in [-0.15, -0.1) is 0 Å². The number of aromatic amines is 1. The largest absolute Gasteiger partial charge is 0.492 e. The van der Waals surface area contributed by atoms with Crippen molar-refractivity contribution in [3.8, 4) is 11.5 Å². The van der Waals surface area contributed by atoms with E-state index in [1.54, 1.807) is 37.6 Å². The molecule has 7 heteroatoms. The average molecular weight is 391 g/mol. The first-order chi connectivity index (χ1) is 14.2.